The number of methoxy groups -OCH3 is 1. The Labute approximate surface area is 151 Å². The molecule has 3 rings (SSSR count). The van der Waals surface area contributed by atoms with Crippen LogP contribution in [0.2, 0.25) is 0 Å². The second-order valence-corrected chi connectivity index (χ2v) is 6.09. The summed E-state index contributed by atoms with van der Waals surface area (Å²) in [6, 6.07) is 9.51. The first-order valence-electron chi connectivity index (χ1n) is 8.48. The van der Waals surface area contributed by atoms with Gasteiger partial charge in [0.25, 0.3) is 0 Å². The predicted molar refractivity (Wildman–Crippen MR) is 95.5 cm³/mol. The lowest BCUT2D eigenvalue weighted by Crippen LogP contribution is -2.41. The molecule has 8 nitrogen and oxygen atoms in total. The SMILES string of the molecule is COC(=O)c1nc(NC2CCN(C(C)=O)CC2)nc(-c2ccccc2)n1. The largest absolute Gasteiger partial charge is 0.463 e. The maximum Gasteiger partial charge on any atom is 0.376 e. The molecule has 0 atom stereocenters. The lowest BCUT2D eigenvalue weighted by molar-refractivity contribution is -0.129. The van der Waals surface area contributed by atoms with E-state index in [1.807, 2.05) is 35.2 Å². The molecule has 1 fully saturated rings. The molecular weight excluding hydrogens is 334 g/mol. The van der Waals surface area contributed by atoms with E-state index in [-0.39, 0.29) is 17.8 Å². The molecule has 26 heavy (non-hydrogen) atoms. The normalized spacial score (nSPS) is 14.8. The van der Waals surface area contributed by atoms with Crippen molar-refractivity contribution in [2.24, 2.45) is 0 Å². The molecule has 0 bridgehead atoms. The van der Waals surface area contributed by atoms with E-state index in [9.17, 15) is 9.59 Å². The summed E-state index contributed by atoms with van der Waals surface area (Å²) in [6.45, 7) is 2.95. The molecule has 8 heteroatoms. The monoisotopic (exact) mass is 355 g/mol. The van der Waals surface area contributed by atoms with Gasteiger partial charge in [-0.25, -0.2) is 9.78 Å². The number of aromatic nitrogens is 3. The van der Waals surface area contributed by atoms with E-state index in [4.69, 9.17) is 4.74 Å². The van der Waals surface area contributed by atoms with Crippen molar-refractivity contribution in [1.29, 1.82) is 0 Å². The molecule has 0 spiro atoms. The highest BCUT2D eigenvalue weighted by Gasteiger charge is 2.22. The molecule has 0 radical (unpaired) electrons. The number of benzene rings is 1. The first kappa shape index (κ1) is 17.8. The van der Waals surface area contributed by atoms with Crippen molar-refractivity contribution in [1.82, 2.24) is 19.9 Å². The molecular formula is C18H21N5O3. The standard InChI is InChI=1S/C18H21N5O3/c1-12(24)23-10-8-14(9-11-23)19-18-21-15(13-6-4-3-5-7-13)20-16(22-18)17(25)26-2/h3-7,14H,8-11H2,1-2H3,(H,19,20,21,22). The maximum atomic E-state index is 11.9. The third-order valence-corrected chi connectivity index (χ3v) is 4.31. The van der Waals surface area contributed by atoms with Crippen molar-refractivity contribution >= 4 is 17.8 Å². The van der Waals surface area contributed by atoms with Gasteiger partial charge in [-0.05, 0) is 12.8 Å². The van der Waals surface area contributed by atoms with E-state index < -0.39 is 5.97 Å². The molecule has 0 aliphatic carbocycles. The van der Waals surface area contributed by atoms with Gasteiger partial charge >= 0.3 is 5.97 Å². The van der Waals surface area contributed by atoms with Gasteiger partial charge in [-0.15, -0.1) is 0 Å². The molecule has 1 aliphatic rings. The van der Waals surface area contributed by atoms with Gasteiger partial charge in [0.2, 0.25) is 17.7 Å². The number of ether oxygens (including phenoxy) is 1. The van der Waals surface area contributed by atoms with Crippen LogP contribution in [0.15, 0.2) is 30.3 Å². The molecule has 1 aliphatic heterocycles. The van der Waals surface area contributed by atoms with Gasteiger partial charge in [0.1, 0.15) is 0 Å². The Hall–Kier alpha value is -3.03. The van der Waals surface area contributed by atoms with Crippen molar-refractivity contribution < 1.29 is 14.3 Å². The van der Waals surface area contributed by atoms with Gasteiger partial charge in [-0.2, -0.15) is 9.97 Å². The molecule has 2 heterocycles. The van der Waals surface area contributed by atoms with E-state index in [2.05, 4.69) is 20.3 Å². The van der Waals surface area contributed by atoms with Crippen LogP contribution in [-0.2, 0) is 9.53 Å². The van der Waals surface area contributed by atoms with Gasteiger partial charge in [-0.3, -0.25) is 4.79 Å². The summed E-state index contributed by atoms with van der Waals surface area (Å²) in [5.41, 5.74) is 0.787. The Kier molecular flexibility index (Phi) is 5.40. The number of hydrogen-bond donors (Lipinski definition) is 1. The Morgan fingerprint density at radius 1 is 1.12 bits per heavy atom. The van der Waals surface area contributed by atoms with Gasteiger partial charge in [0.05, 0.1) is 7.11 Å². The van der Waals surface area contributed by atoms with Crippen LogP contribution < -0.4 is 5.32 Å². The Balaban J connectivity index is 1.82. The lowest BCUT2D eigenvalue weighted by atomic mass is 10.1. The highest BCUT2D eigenvalue weighted by molar-refractivity contribution is 5.85. The number of amides is 1. The van der Waals surface area contributed by atoms with Crippen LogP contribution >= 0.6 is 0 Å². The molecule has 0 saturated carbocycles. The smallest absolute Gasteiger partial charge is 0.376 e. The lowest BCUT2D eigenvalue weighted by Gasteiger charge is -2.31. The zero-order chi connectivity index (χ0) is 18.5. The number of carbonyl (C=O) groups is 2. The third-order valence-electron chi connectivity index (χ3n) is 4.31. The van der Waals surface area contributed by atoms with E-state index in [1.54, 1.807) is 6.92 Å². The van der Waals surface area contributed by atoms with Crippen molar-refractivity contribution in [3.8, 4) is 11.4 Å². The highest BCUT2D eigenvalue weighted by atomic mass is 16.5. The predicted octanol–water partition coefficient (Wildman–Crippen LogP) is 1.75. The zero-order valence-electron chi connectivity index (χ0n) is 14.8. The minimum Gasteiger partial charge on any atom is -0.463 e. The van der Waals surface area contributed by atoms with Crippen LogP contribution in [0.25, 0.3) is 11.4 Å². The Bertz CT molecular complexity index is 789. The fraction of sp³-hybridized carbons (Fsp3) is 0.389. The minimum absolute atomic E-state index is 0.0370. The second-order valence-electron chi connectivity index (χ2n) is 6.09. The molecule has 1 aromatic carbocycles. The molecule has 0 unspecified atom stereocenters. The molecule has 1 N–H and O–H groups in total. The van der Waals surface area contributed by atoms with Gasteiger partial charge in [-0.1, -0.05) is 30.3 Å². The fourth-order valence-corrected chi connectivity index (χ4v) is 2.86. The van der Waals surface area contributed by atoms with Crippen molar-refractivity contribution in [2.45, 2.75) is 25.8 Å². The van der Waals surface area contributed by atoms with E-state index in [0.29, 0.717) is 24.9 Å². The maximum absolute atomic E-state index is 11.9. The van der Waals surface area contributed by atoms with E-state index >= 15 is 0 Å². The van der Waals surface area contributed by atoms with Crippen LogP contribution in [0.5, 0.6) is 0 Å². The third kappa shape index (κ3) is 4.14. The van der Waals surface area contributed by atoms with Gasteiger partial charge in [0.15, 0.2) is 5.82 Å². The Morgan fingerprint density at radius 2 is 1.81 bits per heavy atom. The number of esters is 1. The van der Waals surface area contributed by atoms with Crippen LogP contribution in [0, 0.1) is 0 Å². The topological polar surface area (TPSA) is 97.3 Å². The van der Waals surface area contributed by atoms with E-state index in [1.165, 1.54) is 7.11 Å². The number of hydrogen-bond acceptors (Lipinski definition) is 7. The summed E-state index contributed by atoms with van der Waals surface area (Å²) in [6.07, 6.45) is 1.58. The molecule has 1 saturated heterocycles. The summed E-state index contributed by atoms with van der Waals surface area (Å²) in [7, 11) is 1.29. The summed E-state index contributed by atoms with van der Waals surface area (Å²) in [5.74, 6) is 0.178. The first-order valence-corrected chi connectivity index (χ1v) is 8.48. The first-order chi connectivity index (χ1) is 12.6. The van der Waals surface area contributed by atoms with Crippen LogP contribution in [-0.4, -0.2) is 58.0 Å². The summed E-state index contributed by atoms with van der Waals surface area (Å²) in [4.78, 5) is 38.0. The number of nitrogens with one attached hydrogen (secondary N) is 1. The second kappa shape index (κ2) is 7.90. The van der Waals surface area contributed by atoms with Crippen LogP contribution in [0.4, 0.5) is 5.95 Å². The van der Waals surface area contributed by atoms with Crippen LogP contribution in [0.1, 0.15) is 30.4 Å². The number of likely N-dealkylation sites (tertiary alicyclic amines) is 1. The van der Waals surface area contributed by atoms with Crippen molar-refractivity contribution in [3.63, 3.8) is 0 Å². The van der Waals surface area contributed by atoms with E-state index in [0.717, 1.165) is 18.4 Å². The molecule has 2 aromatic rings. The average Bonchev–Trinajstić information content (AvgIpc) is 2.68. The summed E-state index contributed by atoms with van der Waals surface area (Å²) >= 11 is 0. The van der Waals surface area contributed by atoms with Crippen molar-refractivity contribution in [2.75, 3.05) is 25.5 Å². The fourth-order valence-electron chi connectivity index (χ4n) is 2.86. The minimum atomic E-state index is -0.612. The number of carbonyl (C=O) groups excluding carboxylic acids is 2. The molecule has 136 valence electrons. The summed E-state index contributed by atoms with van der Waals surface area (Å²) < 4.78 is 4.75. The highest BCUT2D eigenvalue weighted by Crippen LogP contribution is 2.19. The Morgan fingerprint density at radius 3 is 2.42 bits per heavy atom. The molecule has 1 aromatic heterocycles. The number of nitrogens with zero attached hydrogens (tertiary/aromatic N) is 4. The van der Waals surface area contributed by atoms with Crippen LogP contribution in [0.3, 0.4) is 0 Å². The summed E-state index contributed by atoms with van der Waals surface area (Å²) in [5, 5.41) is 3.26. The quantitative estimate of drug-likeness (QED) is 0.834. The van der Waals surface area contributed by atoms with Gasteiger partial charge in [0, 0.05) is 31.6 Å². The number of rotatable bonds is 4. The average molecular weight is 355 g/mol. The van der Waals surface area contributed by atoms with Crippen molar-refractivity contribution in [3.05, 3.63) is 36.2 Å². The number of anilines is 1. The van der Waals surface area contributed by atoms with Gasteiger partial charge < -0.3 is 15.0 Å². The number of piperidine rings is 1. The molecule has 1 amide bonds. The zero-order valence-corrected chi connectivity index (χ0v) is 14.8.